The molecule has 5 nitrogen and oxygen atoms in total. The minimum absolute atomic E-state index is 0.109. The number of nitrogens with one attached hydrogen (secondary N) is 1. The van der Waals surface area contributed by atoms with Gasteiger partial charge in [-0.15, -0.1) is 0 Å². The summed E-state index contributed by atoms with van der Waals surface area (Å²) in [6.07, 6.45) is 0.565. The quantitative estimate of drug-likeness (QED) is 0.861. The predicted octanol–water partition coefficient (Wildman–Crippen LogP) is 1.42. The van der Waals surface area contributed by atoms with Gasteiger partial charge < -0.3 is 5.11 Å². The molecular formula is C13H16FNO4S. The van der Waals surface area contributed by atoms with Crippen molar-refractivity contribution in [2.24, 2.45) is 5.92 Å². The van der Waals surface area contributed by atoms with Gasteiger partial charge in [-0.1, -0.05) is 12.1 Å². The van der Waals surface area contributed by atoms with Crippen LogP contribution in [0.4, 0.5) is 4.39 Å². The number of sulfonamides is 1. The largest absolute Gasteiger partial charge is 0.481 e. The van der Waals surface area contributed by atoms with Crippen LogP contribution < -0.4 is 4.72 Å². The zero-order valence-electron chi connectivity index (χ0n) is 11.0. The Labute approximate surface area is 116 Å². The summed E-state index contributed by atoms with van der Waals surface area (Å²) >= 11 is 0. The van der Waals surface area contributed by atoms with E-state index in [-0.39, 0.29) is 24.4 Å². The Bertz CT molecular complexity index is 623. The van der Waals surface area contributed by atoms with Crippen LogP contribution in [0.1, 0.15) is 24.0 Å². The Balaban J connectivity index is 1.96. The predicted molar refractivity (Wildman–Crippen MR) is 71.0 cm³/mol. The van der Waals surface area contributed by atoms with Crippen molar-refractivity contribution in [1.29, 1.82) is 0 Å². The molecule has 0 atom stereocenters. The molecular weight excluding hydrogens is 285 g/mol. The Kier molecular flexibility index (Phi) is 4.10. The fourth-order valence-corrected chi connectivity index (χ4v) is 3.61. The fourth-order valence-electron chi connectivity index (χ4n) is 2.19. The van der Waals surface area contributed by atoms with Gasteiger partial charge in [-0.25, -0.2) is 17.5 Å². The maximum atomic E-state index is 13.6. The molecule has 0 radical (unpaired) electrons. The van der Waals surface area contributed by atoms with Gasteiger partial charge in [0.25, 0.3) is 0 Å². The molecule has 0 heterocycles. The van der Waals surface area contributed by atoms with Crippen molar-refractivity contribution >= 4 is 16.0 Å². The zero-order chi connectivity index (χ0) is 14.9. The summed E-state index contributed by atoms with van der Waals surface area (Å²) < 4.78 is 39.8. The van der Waals surface area contributed by atoms with E-state index in [0.29, 0.717) is 0 Å². The lowest BCUT2D eigenvalue weighted by Gasteiger charge is -2.32. The molecule has 1 aromatic carbocycles. The molecule has 2 rings (SSSR count). The molecule has 20 heavy (non-hydrogen) atoms. The van der Waals surface area contributed by atoms with Gasteiger partial charge in [0, 0.05) is 11.6 Å². The standard InChI is InChI=1S/C13H16FNO4S/c1-8-2-3-9(12(14)4-8)7-20(18,19)15-11-5-10(6-11)13(16)17/h2-4,10-11,15H,5-7H2,1H3,(H,16,17). The molecule has 7 heteroatoms. The lowest BCUT2D eigenvalue weighted by atomic mass is 9.81. The fraction of sp³-hybridized carbons (Fsp3) is 0.462. The molecule has 1 aromatic rings. The van der Waals surface area contributed by atoms with Crippen LogP contribution in [0, 0.1) is 18.7 Å². The average molecular weight is 301 g/mol. The van der Waals surface area contributed by atoms with Crippen LogP contribution >= 0.6 is 0 Å². The van der Waals surface area contributed by atoms with Gasteiger partial charge >= 0.3 is 5.97 Å². The van der Waals surface area contributed by atoms with Crippen LogP contribution in [0.3, 0.4) is 0 Å². The van der Waals surface area contributed by atoms with Crippen molar-refractivity contribution in [1.82, 2.24) is 4.72 Å². The van der Waals surface area contributed by atoms with E-state index < -0.39 is 33.5 Å². The Morgan fingerprint density at radius 1 is 1.45 bits per heavy atom. The number of halogens is 1. The Morgan fingerprint density at radius 2 is 2.10 bits per heavy atom. The van der Waals surface area contributed by atoms with Gasteiger partial charge in [0.05, 0.1) is 11.7 Å². The molecule has 1 aliphatic carbocycles. The molecule has 110 valence electrons. The van der Waals surface area contributed by atoms with Crippen molar-refractivity contribution in [3.8, 4) is 0 Å². The van der Waals surface area contributed by atoms with E-state index in [9.17, 15) is 17.6 Å². The highest BCUT2D eigenvalue weighted by atomic mass is 32.2. The van der Waals surface area contributed by atoms with Crippen LogP contribution in [0.5, 0.6) is 0 Å². The number of benzene rings is 1. The Hall–Kier alpha value is -1.47. The van der Waals surface area contributed by atoms with Gasteiger partial charge in [0.1, 0.15) is 5.82 Å². The van der Waals surface area contributed by atoms with E-state index in [0.717, 1.165) is 5.56 Å². The second-order valence-corrected chi connectivity index (χ2v) is 6.93. The van der Waals surface area contributed by atoms with Gasteiger partial charge in [-0.2, -0.15) is 0 Å². The SMILES string of the molecule is Cc1ccc(CS(=O)(=O)NC2CC(C(=O)O)C2)c(F)c1. The summed E-state index contributed by atoms with van der Waals surface area (Å²) in [4.78, 5) is 10.6. The summed E-state index contributed by atoms with van der Waals surface area (Å²) in [6, 6.07) is 4.02. The van der Waals surface area contributed by atoms with Crippen LogP contribution in [0.15, 0.2) is 18.2 Å². The molecule has 0 amide bonds. The number of carboxylic acid groups (broad SMARTS) is 1. The molecule has 2 N–H and O–H groups in total. The molecule has 0 bridgehead atoms. The first kappa shape index (κ1) is 14.9. The average Bonchev–Trinajstić information content (AvgIpc) is 2.26. The van der Waals surface area contributed by atoms with E-state index in [1.54, 1.807) is 13.0 Å². The number of aryl methyl sites for hydroxylation is 1. The van der Waals surface area contributed by atoms with Crippen molar-refractivity contribution in [3.63, 3.8) is 0 Å². The van der Waals surface area contributed by atoms with Gasteiger partial charge in [-0.05, 0) is 31.4 Å². The minimum Gasteiger partial charge on any atom is -0.481 e. The molecule has 0 unspecified atom stereocenters. The van der Waals surface area contributed by atoms with Gasteiger partial charge in [0.15, 0.2) is 0 Å². The van der Waals surface area contributed by atoms with E-state index in [2.05, 4.69) is 4.72 Å². The minimum atomic E-state index is -3.66. The second-order valence-electron chi connectivity index (χ2n) is 5.18. The van der Waals surface area contributed by atoms with Crippen molar-refractivity contribution in [2.75, 3.05) is 0 Å². The molecule has 1 aliphatic rings. The number of carbonyl (C=O) groups is 1. The third-order valence-electron chi connectivity index (χ3n) is 3.39. The van der Waals surface area contributed by atoms with Gasteiger partial charge in [0.2, 0.25) is 10.0 Å². The lowest BCUT2D eigenvalue weighted by Crippen LogP contribution is -2.46. The summed E-state index contributed by atoms with van der Waals surface area (Å²) in [5.41, 5.74) is 0.831. The number of rotatable bonds is 5. The number of hydrogen-bond donors (Lipinski definition) is 2. The first-order valence-corrected chi connectivity index (χ1v) is 7.90. The van der Waals surface area contributed by atoms with Crippen LogP contribution in [-0.4, -0.2) is 25.5 Å². The van der Waals surface area contributed by atoms with Crippen LogP contribution in [0.25, 0.3) is 0 Å². The monoisotopic (exact) mass is 301 g/mol. The molecule has 0 aromatic heterocycles. The Morgan fingerprint density at radius 3 is 2.65 bits per heavy atom. The summed E-state index contributed by atoms with van der Waals surface area (Å²) in [7, 11) is -3.66. The highest BCUT2D eigenvalue weighted by molar-refractivity contribution is 7.88. The van der Waals surface area contributed by atoms with Crippen molar-refractivity contribution in [3.05, 3.63) is 35.1 Å². The zero-order valence-corrected chi connectivity index (χ0v) is 11.8. The first-order chi connectivity index (χ1) is 9.27. The normalized spacial score (nSPS) is 22.3. The number of carboxylic acids is 1. The van der Waals surface area contributed by atoms with Crippen LogP contribution in [0.2, 0.25) is 0 Å². The third-order valence-corrected chi connectivity index (χ3v) is 4.77. The topological polar surface area (TPSA) is 83.5 Å². The van der Waals surface area contributed by atoms with E-state index in [1.165, 1.54) is 12.1 Å². The molecule has 0 aliphatic heterocycles. The van der Waals surface area contributed by atoms with Gasteiger partial charge in [-0.3, -0.25) is 4.79 Å². The highest BCUT2D eigenvalue weighted by Gasteiger charge is 2.36. The van der Waals surface area contributed by atoms with E-state index in [4.69, 9.17) is 5.11 Å². The maximum absolute atomic E-state index is 13.6. The molecule has 1 fully saturated rings. The number of aliphatic carboxylic acids is 1. The smallest absolute Gasteiger partial charge is 0.306 e. The molecule has 0 spiro atoms. The third kappa shape index (κ3) is 3.55. The van der Waals surface area contributed by atoms with E-state index in [1.807, 2.05) is 0 Å². The summed E-state index contributed by atoms with van der Waals surface area (Å²) in [6.45, 7) is 1.72. The highest BCUT2D eigenvalue weighted by Crippen LogP contribution is 2.28. The van der Waals surface area contributed by atoms with Crippen molar-refractivity contribution < 1.29 is 22.7 Å². The van der Waals surface area contributed by atoms with Crippen LogP contribution in [-0.2, 0) is 20.6 Å². The van der Waals surface area contributed by atoms with E-state index >= 15 is 0 Å². The number of hydrogen-bond acceptors (Lipinski definition) is 3. The molecule has 0 saturated heterocycles. The molecule has 1 saturated carbocycles. The lowest BCUT2D eigenvalue weighted by molar-refractivity contribution is -0.145. The summed E-state index contributed by atoms with van der Waals surface area (Å²) in [5, 5.41) is 8.72. The van der Waals surface area contributed by atoms with Crippen molar-refractivity contribution in [2.45, 2.75) is 31.6 Å². The second kappa shape index (κ2) is 5.49. The summed E-state index contributed by atoms with van der Waals surface area (Å²) in [5.74, 6) is -2.39. The first-order valence-electron chi connectivity index (χ1n) is 6.24. The maximum Gasteiger partial charge on any atom is 0.306 e.